The molecule has 13 nitrogen and oxygen atoms in total. The van der Waals surface area contributed by atoms with Gasteiger partial charge in [0.1, 0.15) is 23.7 Å². The van der Waals surface area contributed by atoms with Gasteiger partial charge in [0.15, 0.2) is 5.82 Å². The van der Waals surface area contributed by atoms with Crippen molar-refractivity contribution in [2.24, 2.45) is 0 Å². The lowest BCUT2D eigenvalue weighted by molar-refractivity contribution is -0.115. The van der Waals surface area contributed by atoms with E-state index in [0.717, 1.165) is 18.4 Å². The highest BCUT2D eigenvalue weighted by Gasteiger charge is 2.15. The van der Waals surface area contributed by atoms with Crippen molar-refractivity contribution in [3.05, 3.63) is 66.4 Å². The van der Waals surface area contributed by atoms with Crippen molar-refractivity contribution < 1.29 is 32.8 Å². The van der Waals surface area contributed by atoms with Crippen LogP contribution in [0.2, 0.25) is 0 Å². The molecule has 2 heterocycles. The summed E-state index contributed by atoms with van der Waals surface area (Å²) in [6.45, 7) is 4.34. The van der Waals surface area contributed by atoms with Crippen LogP contribution in [0.1, 0.15) is 25.5 Å². The van der Waals surface area contributed by atoms with E-state index in [2.05, 4.69) is 40.2 Å². The number of hydrogen-bond donors (Lipinski definition) is 5. The second-order valence-corrected chi connectivity index (χ2v) is 10.6. The Morgan fingerprint density at radius 2 is 1.95 bits per heavy atom. The number of phosphoric ester groups is 1. The number of hydrogen-bond acceptors (Lipinski definition) is 9. The Hall–Kier alpha value is -3.94. The van der Waals surface area contributed by atoms with Gasteiger partial charge in [-0.2, -0.15) is 5.10 Å². The number of ether oxygens (including phenoxy) is 1. The quantitative estimate of drug-likeness (QED) is 0.0927. The molecule has 42 heavy (non-hydrogen) atoms. The molecule has 0 saturated carbocycles. The van der Waals surface area contributed by atoms with Crippen molar-refractivity contribution in [2.75, 3.05) is 43.5 Å². The van der Waals surface area contributed by atoms with E-state index in [1.807, 2.05) is 25.1 Å². The average Bonchev–Trinajstić information content (AvgIpc) is 3.36. The van der Waals surface area contributed by atoms with E-state index in [0.29, 0.717) is 60.4 Å². The van der Waals surface area contributed by atoms with Crippen LogP contribution in [0, 0.1) is 5.82 Å². The number of aromatic amines is 1. The Kier molecular flexibility index (Phi) is 10.9. The summed E-state index contributed by atoms with van der Waals surface area (Å²) in [5.74, 6) is 0.888. The van der Waals surface area contributed by atoms with Crippen molar-refractivity contribution in [3.63, 3.8) is 0 Å². The number of H-pyrrole nitrogens is 1. The van der Waals surface area contributed by atoms with Crippen LogP contribution < -0.4 is 15.4 Å². The van der Waals surface area contributed by atoms with Crippen LogP contribution in [0.3, 0.4) is 0 Å². The molecule has 0 aliphatic heterocycles. The summed E-state index contributed by atoms with van der Waals surface area (Å²) < 4.78 is 34.7. The van der Waals surface area contributed by atoms with Gasteiger partial charge >= 0.3 is 7.82 Å². The molecule has 0 saturated heterocycles. The molecule has 0 spiro atoms. The Morgan fingerprint density at radius 3 is 2.74 bits per heavy atom. The molecule has 2 aromatic carbocycles. The molecule has 15 heteroatoms. The standard InChI is InChI=1S/C27H33FN7O6P/c1-2-9-35(11-13-41-42(37,38)39)10-4-12-40-22-7-8-23-24(17-22)29-18-30-27(23)32-25-15-21(33-34-25)16-26(36)31-20-6-3-5-19(28)14-20/h3,5-8,14-15,17-18H,2,4,9-13,16H2,1H3,(H,31,36)(H2,37,38,39)(H2,29,30,32,33,34). The van der Waals surface area contributed by atoms with Gasteiger partial charge in [-0.25, -0.2) is 18.9 Å². The number of anilines is 3. The molecule has 2 aromatic heterocycles. The van der Waals surface area contributed by atoms with E-state index in [1.165, 1.54) is 24.5 Å². The highest BCUT2D eigenvalue weighted by atomic mass is 31.2. The third-order valence-electron chi connectivity index (χ3n) is 6.04. The van der Waals surface area contributed by atoms with Crippen LogP contribution in [0.4, 0.5) is 21.7 Å². The Bertz CT molecular complexity index is 1530. The number of carbonyl (C=O) groups excluding carboxylic acids is 1. The lowest BCUT2D eigenvalue weighted by Crippen LogP contribution is -2.30. The van der Waals surface area contributed by atoms with E-state index in [9.17, 15) is 13.8 Å². The topological polar surface area (TPSA) is 175 Å². The van der Waals surface area contributed by atoms with Crippen molar-refractivity contribution in [1.29, 1.82) is 0 Å². The molecule has 0 radical (unpaired) electrons. The first-order valence-electron chi connectivity index (χ1n) is 13.4. The summed E-state index contributed by atoms with van der Waals surface area (Å²) in [5.41, 5.74) is 1.60. The minimum atomic E-state index is -4.47. The highest BCUT2D eigenvalue weighted by molar-refractivity contribution is 7.46. The van der Waals surface area contributed by atoms with Gasteiger partial charge in [-0.15, -0.1) is 0 Å². The number of nitrogens with zero attached hydrogens (tertiary/aromatic N) is 4. The molecule has 4 aromatic rings. The zero-order valence-corrected chi connectivity index (χ0v) is 23.9. The molecule has 0 atom stereocenters. The van der Waals surface area contributed by atoms with E-state index >= 15 is 0 Å². The number of phosphoric acid groups is 1. The second-order valence-electron chi connectivity index (χ2n) is 9.41. The maximum Gasteiger partial charge on any atom is 0.469 e. The lowest BCUT2D eigenvalue weighted by atomic mass is 10.2. The number of benzene rings is 2. The highest BCUT2D eigenvalue weighted by Crippen LogP contribution is 2.35. The molecule has 0 unspecified atom stereocenters. The molecule has 0 aliphatic carbocycles. The fourth-order valence-corrected chi connectivity index (χ4v) is 4.55. The summed E-state index contributed by atoms with van der Waals surface area (Å²) in [4.78, 5) is 40.8. The molecule has 0 fully saturated rings. The largest absolute Gasteiger partial charge is 0.493 e. The van der Waals surface area contributed by atoms with Gasteiger partial charge in [0.2, 0.25) is 5.91 Å². The monoisotopic (exact) mass is 601 g/mol. The number of fused-ring (bicyclic) bond motifs is 1. The maximum atomic E-state index is 13.4. The summed E-state index contributed by atoms with van der Waals surface area (Å²) in [6.07, 6.45) is 3.07. The molecule has 4 rings (SSSR count). The molecular formula is C27H33FN7O6P. The SMILES string of the molecule is CCCN(CCCOc1ccc2c(Nc3cc(CC(=O)Nc4cccc(F)c4)[nH]n3)ncnc2c1)CCOP(=O)(O)O. The second kappa shape index (κ2) is 14.8. The van der Waals surface area contributed by atoms with Gasteiger partial charge in [-0.1, -0.05) is 13.0 Å². The van der Waals surface area contributed by atoms with E-state index in [-0.39, 0.29) is 18.9 Å². The van der Waals surface area contributed by atoms with Gasteiger partial charge in [0.25, 0.3) is 0 Å². The first-order chi connectivity index (χ1) is 20.2. The third kappa shape index (κ3) is 9.86. The number of nitrogens with one attached hydrogen (secondary N) is 3. The predicted molar refractivity (Wildman–Crippen MR) is 155 cm³/mol. The van der Waals surface area contributed by atoms with Crippen LogP contribution in [0.25, 0.3) is 10.9 Å². The van der Waals surface area contributed by atoms with Crippen molar-refractivity contribution in [2.45, 2.75) is 26.2 Å². The van der Waals surface area contributed by atoms with E-state index in [4.69, 9.17) is 14.5 Å². The third-order valence-corrected chi connectivity index (χ3v) is 6.56. The number of carbonyl (C=O) groups is 1. The van der Waals surface area contributed by atoms with Crippen LogP contribution in [0.5, 0.6) is 5.75 Å². The molecule has 1 amide bonds. The van der Waals surface area contributed by atoms with Crippen LogP contribution in [-0.4, -0.2) is 73.6 Å². The smallest absolute Gasteiger partial charge is 0.469 e. The van der Waals surface area contributed by atoms with Crippen LogP contribution in [-0.2, 0) is 20.3 Å². The van der Waals surface area contributed by atoms with Crippen molar-refractivity contribution >= 4 is 42.0 Å². The maximum absolute atomic E-state index is 13.4. The van der Waals surface area contributed by atoms with Crippen LogP contribution >= 0.6 is 7.82 Å². The van der Waals surface area contributed by atoms with Crippen LogP contribution in [0.15, 0.2) is 54.9 Å². The van der Waals surface area contributed by atoms with Gasteiger partial charge in [0.05, 0.1) is 25.2 Å². The zero-order valence-electron chi connectivity index (χ0n) is 23.0. The minimum absolute atomic E-state index is 0.0216. The zero-order chi connectivity index (χ0) is 30.0. The first-order valence-corrected chi connectivity index (χ1v) is 14.9. The summed E-state index contributed by atoms with van der Waals surface area (Å²) in [5, 5.41) is 13.6. The molecular weight excluding hydrogens is 568 g/mol. The van der Waals surface area contributed by atoms with E-state index < -0.39 is 13.6 Å². The van der Waals surface area contributed by atoms with Gasteiger partial charge in [0, 0.05) is 42.0 Å². The number of halogens is 1. The van der Waals surface area contributed by atoms with Crippen molar-refractivity contribution in [1.82, 2.24) is 25.1 Å². The minimum Gasteiger partial charge on any atom is -0.493 e. The lowest BCUT2D eigenvalue weighted by Gasteiger charge is -2.21. The van der Waals surface area contributed by atoms with Gasteiger partial charge in [-0.3, -0.25) is 14.4 Å². The Labute approximate surface area is 241 Å². The Morgan fingerprint density at radius 1 is 1.10 bits per heavy atom. The molecule has 0 aliphatic rings. The number of aromatic nitrogens is 4. The van der Waals surface area contributed by atoms with Gasteiger partial charge < -0.3 is 30.1 Å². The fraction of sp³-hybridized carbons (Fsp3) is 0.333. The summed E-state index contributed by atoms with van der Waals surface area (Å²) in [6, 6.07) is 12.8. The van der Waals surface area contributed by atoms with E-state index in [1.54, 1.807) is 12.1 Å². The summed E-state index contributed by atoms with van der Waals surface area (Å²) in [7, 11) is -4.47. The molecule has 0 bridgehead atoms. The summed E-state index contributed by atoms with van der Waals surface area (Å²) >= 11 is 0. The molecule has 224 valence electrons. The van der Waals surface area contributed by atoms with Gasteiger partial charge in [-0.05, 0) is 49.7 Å². The number of amides is 1. The molecule has 5 N–H and O–H groups in total. The predicted octanol–water partition coefficient (Wildman–Crippen LogP) is 4.01. The Balaban J connectivity index is 1.29. The number of rotatable bonds is 16. The normalized spacial score (nSPS) is 11.6. The van der Waals surface area contributed by atoms with Crippen molar-refractivity contribution in [3.8, 4) is 5.75 Å². The first kappa shape index (κ1) is 31.0. The average molecular weight is 602 g/mol. The fourth-order valence-electron chi connectivity index (χ4n) is 4.23.